The monoisotopic (exact) mass is 574 g/mol. The largest absolute Gasteiger partial charge is 0.379 e. The van der Waals surface area contributed by atoms with Crippen molar-refractivity contribution in [3.05, 3.63) is 83.9 Å². The SMILES string of the molecule is O=C(C[C@H]1S[C@H](Cc2ccccc2)N(CC(=O)NCCCN2CCOCC2)C1=O)NCc1cccc2ccccc12. The Morgan fingerprint density at radius 3 is 2.49 bits per heavy atom. The number of carbonyl (C=O) groups excluding carboxylic acids is 3. The van der Waals surface area contributed by atoms with E-state index < -0.39 is 5.25 Å². The topological polar surface area (TPSA) is 91.0 Å². The van der Waals surface area contributed by atoms with Crippen LogP contribution >= 0.6 is 11.8 Å². The zero-order chi connectivity index (χ0) is 28.4. The van der Waals surface area contributed by atoms with Crippen LogP contribution in [0.2, 0.25) is 0 Å². The lowest BCUT2D eigenvalue weighted by molar-refractivity contribution is -0.136. The molecule has 41 heavy (non-hydrogen) atoms. The number of nitrogens with zero attached hydrogens (tertiary/aromatic N) is 2. The molecule has 0 spiro atoms. The summed E-state index contributed by atoms with van der Waals surface area (Å²) in [6, 6.07) is 24.1. The summed E-state index contributed by atoms with van der Waals surface area (Å²) in [5.41, 5.74) is 2.13. The third kappa shape index (κ3) is 8.09. The van der Waals surface area contributed by atoms with Gasteiger partial charge in [0.1, 0.15) is 6.54 Å². The Hall–Kier alpha value is -3.40. The standard InChI is InChI=1S/C32H38N4O4S/c37-29(34-22-26-12-6-11-25-10-4-5-13-27(25)26)21-28-32(39)36(31(41-28)20-24-8-2-1-3-9-24)23-30(38)33-14-7-15-35-16-18-40-19-17-35/h1-6,8-13,28,31H,7,14-23H2,(H,33,38)(H,34,37)/t28-,31-/m1/s1. The number of hydrogen-bond acceptors (Lipinski definition) is 6. The number of nitrogens with one attached hydrogen (secondary N) is 2. The minimum absolute atomic E-state index is 0.00495. The van der Waals surface area contributed by atoms with Crippen LogP contribution < -0.4 is 10.6 Å². The van der Waals surface area contributed by atoms with E-state index in [1.165, 1.54) is 11.8 Å². The van der Waals surface area contributed by atoms with Crippen LogP contribution in [-0.2, 0) is 32.1 Å². The molecule has 2 fully saturated rings. The molecule has 3 aromatic carbocycles. The molecule has 0 aliphatic carbocycles. The first-order valence-electron chi connectivity index (χ1n) is 14.4. The van der Waals surface area contributed by atoms with Crippen LogP contribution in [0.5, 0.6) is 0 Å². The first-order chi connectivity index (χ1) is 20.1. The number of rotatable bonds is 12. The molecule has 2 N–H and O–H groups in total. The van der Waals surface area contributed by atoms with E-state index in [0.29, 0.717) is 19.5 Å². The molecule has 3 aromatic rings. The highest BCUT2D eigenvalue weighted by atomic mass is 32.2. The van der Waals surface area contributed by atoms with Crippen LogP contribution in [0.4, 0.5) is 0 Å². The number of hydrogen-bond donors (Lipinski definition) is 2. The van der Waals surface area contributed by atoms with E-state index in [-0.39, 0.29) is 36.1 Å². The van der Waals surface area contributed by atoms with Crippen LogP contribution in [-0.4, -0.2) is 84.1 Å². The maximum Gasteiger partial charge on any atom is 0.239 e. The normalized spacial score (nSPS) is 19.4. The average molecular weight is 575 g/mol. The lowest BCUT2D eigenvalue weighted by atomic mass is 10.0. The van der Waals surface area contributed by atoms with E-state index in [0.717, 1.165) is 61.2 Å². The molecule has 0 bridgehead atoms. The molecular weight excluding hydrogens is 536 g/mol. The molecule has 0 unspecified atom stereocenters. The maximum atomic E-state index is 13.5. The zero-order valence-corrected chi connectivity index (χ0v) is 24.1. The molecule has 2 atom stereocenters. The summed E-state index contributed by atoms with van der Waals surface area (Å²) in [5.74, 6) is -0.489. The average Bonchev–Trinajstić information content (AvgIpc) is 3.28. The predicted molar refractivity (Wildman–Crippen MR) is 162 cm³/mol. The zero-order valence-electron chi connectivity index (χ0n) is 23.3. The van der Waals surface area contributed by atoms with Gasteiger partial charge in [-0.3, -0.25) is 19.3 Å². The summed E-state index contributed by atoms with van der Waals surface area (Å²) in [7, 11) is 0. The van der Waals surface area contributed by atoms with Gasteiger partial charge in [-0.2, -0.15) is 0 Å². The number of thioether (sulfide) groups is 1. The quantitative estimate of drug-likeness (QED) is 0.323. The fraction of sp³-hybridized carbons (Fsp3) is 0.406. The summed E-state index contributed by atoms with van der Waals surface area (Å²) in [4.78, 5) is 43.3. The van der Waals surface area contributed by atoms with Gasteiger partial charge in [-0.1, -0.05) is 72.8 Å². The van der Waals surface area contributed by atoms with Gasteiger partial charge >= 0.3 is 0 Å². The van der Waals surface area contributed by atoms with E-state index in [4.69, 9.17) is 4.74 Å². The molecule has 2 heterocycles. The smallest absolute Gasteiger partial charge is 0.239 e. The molecule has 2 aliphatic rings. The van der Waals surface area contributed by atoms with Crippen molar-refractivity contribution in [2.75, 3.05) is 45.9 Å². The van der Waals surface area contributed by atoms with Crippen molar-refractivity contribution < 1.29 is 19.1 Å². The van der Waals surface area contributed by atoms with E-state index in [2.05, 4.69) is 27.7 Å². The Labute approximate surface area is 245 Å². The Balaban J connectivity index is 1.16. The van der Waals surface area contributed by atoms with Crippen molar-refractivity contribution in [2.45, 2.75) is 36.4 Å². The number of benzene rings is 3. The first kappa shape index (κ1) is 29.1. The fourth-order valence-electron chi connectivity index (χ4n) is 5.38. The Morgan fingerprint density at radius 1 is 0.902 bits per heavy atom. The number of amides is 3. The summed E-state index contributed by atoms with van der Waals surface area (Å²) >= 11 is 1.48. The van der Waals surface area contributed by atoms with Gasteiger partial charge in [-0.25, -0.2) is 0 Å². The number of fused-ring (bicyclic) bond motifs is 1. The van der Waals surface area contributed by atoms with Crippen molar-refractivity contribution in [3.8, 4) is 0 Å². The maximum absolute atomic E-state index is 13.5. The first-order valence-corrected chi connectivity index (χ1v) is 15.3. The minimum Gasteiger partial charge on any atom is -0.379 e. The van der Waals surface area contributed by atoms with Gasteiger partial charge < -0.3 is 20.3 Å². The number of morpholine rings is 1. The lowest BCUT2D eigenvalue weighted by Crippen LogP contribution is -2.44. The second-order valence-corrected chi connectivity index (χ2v) is 11.9. The Morgan fingerprint density at radius 2 is 1.66 bits per heavy atom. The summed E-state index contributed by atoms with van der Waals surface area (Å²) in [6.07, 6.45) is 1.55. The molecule has 0 radical (unpaired) electrons. The third-order valence-corrected chi connectivity index (χ3v) is 9.03. The Kier molecular flexibility index (Phi) is 10.3. The van der Waals surface area contributed by atoms with E-state index in [1.54, 1.807) is 4.90 Å². The van der Waals surface area contributed by atoms with Crippen LogP contribution in [0.1, 0.15) is 24.0 Å². The molecule has 0 saturated carbocycles. The third-order valence-electron chi connectivity index (χ3n) is 7.60. The molecule has 3 amide bonds. The lowest BCUT2D eigenvalue weighted by Gasteiger charge is -2.26. The molecular formula is C32H38N4O4S. The van der Waals surface area contributed by atoms with Crippen LogP contribution in [0.25, 0.3) is 10.8 Å². The molecule has 0 aromatic heterocycles. The fourth-order valence-corrected chi connectivity index (χ4v) is 6.88. The minimum atomic E-state index is -0.523. The highest BCUT2D eigenvalue weighted by Gasteiger charge is 2.41. The van der Waals surface area contributed by atoms with Gasteiger partial charge in [0, 0.05) is 39.0 Å². The number of carbonyl (C=O) groups is 3. The van der Waals surface area contributed by atoms with E-state index in [1.807, 2.05) is 60.7 Å². The van der Waals surface area contributed by atoms with Crippen molar-refractivity contribution in [3.63, 3.8) is 0 Å². The van der Waals surface area contributed by atoms with Crippen molar-refractivity contribution in [1.29, 1.82) is 0 Å². The van der Waals surface area contributed by atoms with Crippen LogP contribution in [0, 0.1) is 0 Å². The second kappa shape index (κ2) is 14.5. The van der Waals surface area contributed by atoms with Crippen molar-refractivity contribution >= 4 is 40.3 Å². The molecule has 9 heteroatoms. The highest BCUT2D eigenvalue weighted by molar-refractivity contribution is 8.01. The second-order valence-electron chi connectivity index (χ2n) is 10.5. The van der Waals surface area contributed by atoms with Gasteiger partial charge in [0.25, 0.3) is 0 Å². The van der Waals surface area contributed by atoms with Crippen LogP contribution in [0.15, 0.2) is 72.8 Å². The van der Waals surface area contributed by atoms with Gasteiger partial charge in [0.2, 0.25) is 17.7 Å². The highest BCUT2D eigenvalue weighted by Crippen LogP contribution is 2.35. The van der Waals surface area contributed by atoms with Gasteiger partial charge in [-0.05, 0) is 34.9 Å². The summed E-state index contributed by atoms with van der Waals surface area (Å²) in [5, 5.41) is 7.49. The molecule has 2 saturated heterocycles. The number of ether oxygens (including phenoxy) is 1. The molecule has 8 nitrogen and oxygen atoms in total. The summed E-state index contributed by atoms with van der Waals surface area (Å²) in [6.45, 7) is 5.23. The van der Waals surface area contributed by atoms with Crippen molar-refractivity contribution in [2.24, 2.45) is 0 Å². The molecule has 216 valence electrons. The van der Waals surface area contributed by atoms with E-state index >= 15 is 0 Å². The van der Waals surface area contributed by atoms with Gasteiger partial charge in [0.05, 0.1) is 23.8 Å². The van der Waals surface area contributed by atoms with Crippen LogP contribution in [0.3, 0.4) is 0 Å². The molecule has 5 rings (SSSR count). The van der Waals surface area contributed by atoms with Gasteiger partial charge in [0.15, 0.2) is 0 Å². The Bertz CT molecular complexity index is 1330. The van der Waals surface area contributed by atoms with Crippen molar-refractivity contribution in [1.82, 2.24) is 20.4 Å². The molecule has 2 aliphatic heterocycles. The summed E-state index contributed by atoms with van der Waals surface area (Å²) < 4.78 is 5.39. The predicted octanol–water partition coefficient (Wildman–Crippen LogP) is 3.20. The van der Waals surface area contributed by atoms with Gasteiger partial charge in [-0.15, -0.1) is 11.8 Å². The van der Waals surface area contributed by atoms with E-state index in [9.17, 15) is 14.4 Å².